The van der Waals surface area contributed by atoms with E-state index >= 15 is 0 Å². The monoisotopic (exact) mass is 431 g/mol. The lowest BCUT2D eigenvalue weighted by Crippen LogP contribution is -2.47. The van der Waals surface area contributed by atoms with Crippen LogP contribution in [0.1, 0.15) is 39.3 Å². The second kappa shape index (κ2) is 11.7. The van der Waals surface area contributed by atoms with Crippen LogP contribution in [-0.2, 0) is 4.74 Å². The summed E-state index contributed by atoms with van der Waals surface area (Å²) in [4.78, 5) is 10.1. The molecule has 3 unspecified atom stereocenters. The average Bonchev–Trinajstić information content (AvgIpc) is 3.15. The number of nitrogens with zero attached hydrogens (tertiary/aromatic N) is 3. The SMILES string of the molecule is CCNC(=NCC(c1ccc(OC)cc1)N1CCOCC1)NC1CN(C(C)C)CC1C. The molecule has 0 bridgehead atoms. The number of guanidine groups is 1. The van der Waals surface area contributed by atoms with Gasteiger partial charge >= 0.3 is 0 Å². The van der Waals surface area contributed by atoms with Gasteiger partial charge in [0.2, 0.25) is 0 Å². The fourth-order valence-electron chi connectivity index (χ4n) is 4.43. The molecule has 174 valence electrons. The molecule has 0 spiro atoms. The number of ether oxygens (including phenoxy) is 2. The summed E-state index contributed by atoms with van der Waals surface area (Å²) in [6.07, 6.45) is 0. The van der Waals surface area contributed by atoms with Crippen molar-refractivity contribution >= 4 is 5.96 Å². The number of nitrogens with one attached hydrogen (secondary N) is 2. The third kappa shape index (κ3) is 6.57. The smallest absolute Gasteiger partial charge is 0.191 e. The van der Waals surface area contributed by atoms with Crippen LogP contribution >= 0.6 is 0 Å². The summed E-state index contributed by atoms with van der Waals surface area (Å²) in [5.74, 6) is 2.40. The Morgan fingerprint density at radius 2 is 1.87 bits per heavy atom. The van der Waals surface area contributed by atoms with Gasteiger partial charge in [0.15, 0.2) is 5.96 Å². The van der Waals surface area contributed by atoms with Gasteiger partial charge in [-0.2, -0.15) is 0 Å². The summed E-state index contributed by atoms with van der Waals surface area (Å²) in [5, 5.41) is 7.17. The molecule has 3 rings (SSSR count). The molecule has 0 amide bonds. The molecule has 0 saturated carbocycles. The minimum absolute atomic E-state index is 0.221. The maximum atomic E-state index is 5.59. The average molecular weight is 432 g/mol. The van der Waals surface area contributed by atoms with Crippen LogP contribution in [0.4, 0.5) is 0 Å². The van der Waals surface area contributed by atoms with Crippen LogP contribution in [0.25, 0.3) is 0 Å². The molecule has 7 heteroatoms. The number of aliphatic imine (C=N–C) groups is 1. The molecule has 1 aromatic carbocycles. The van der Waals surface area contributed by atoms with Gasteiger partial charge in [-0.1, -0.05) is 19.1 Å². The molecule has 2 heterocycles. The van der Waals surface area contributed by atoms with E-state index in [9.17, 15) is 0 Å². The van der Waals surface area contributed by atoms with E-state index in [2.05, 4.69) is 60.3 Å². The van der Waals surface area contributed by atoms with Crippen molar-refractivity contribution in [2.45, 2.75) is 45.8 Å². The molecule has 0 aromatic heterocycles. The van der Waals surface area contributed by atoms with Crippen molar-refractivity contribution < 1.29 is 9.47 Å². The summed E-state index contributed by atoms with van der Waals surface area (Å²) >= 11 is 0. The first kappa shape index (κ1) is 23.8. The Kier molecular flexibility index (Phi) is 8.99. The van der Waals surface area contributed by atoms with Gasteiger partial charge in [0.05, 0.1) is 32.9 Å². The number of likely N-dealkylation sites (tertiary alicyclic amines) is 1. The first-order chi connectivity index (χ1) is 15.0. The molecule has 2 aliphatic rings. The van der Waals surface area contributed by atoms with Gasteiger partial charge in [-0.05, 0) is 44.4 Å². The van der Waals surface area contributed by atoms with Gasteiger partial charge in [-0.3, -0.25) is 14.8 Å². The van der Waals surface area contributed by atoms with Gasteiger partial charge < -0.3 is 20.1 Å². The van der Waals surface area contributed by atoms with Crippen LogP contribution in [0.3, 0.4) is 0 Å². The zero-order valence-corrected chi connectivity index (χ0v) is 19.9. The number of rotatable bonds is 8. The Hall–Kier alpha value is -1.83. The normalized spacial score (nSPS) is 24.4. The van der Waals surface area contributed by atoms with E-state index in [1.807, 2.05) is 12.1 Å². The number of morpholine rings is 1. The van der Waals surface area contributed by atoms with E-state index in [0.29, 0.717) is 24.5 Å². The highest BCUT2D eigenvalue weighted by Crippen LogP contribution is 2.25. The second-order valence-corrected chi connectivity index (χ2v) is 8.93. The highest BCUT2D eigenvalue weighted by atomic mass is 16.5. The van der Waals surface area contributed by atoms with E-state index in [0.717, 1.165) is 57.6 Å². The lowest BCUT2D eigenvalue weighted by molar-refractivity contribution is 0.0179. The lowest BCUT2D eigenvalue weighted by Gasteiger charge is -2.34. The zero-order valence-electron chi connectivity index (χ0n) is 19.9. The summed E-state index contributed by atoms with van der Waals surface area (Å²) < 4.78 is 10.9. The van der Waals surface area contributed by atoms with E-state index in [1.165, 1.54) is 5.56 Å². The molecular formula is C24H41N5O2. The topological polar surface area (TPSA) is 61.4 Å². The fourth-order valence-corrected chi connectivity index (χ4v) is 4.43. The molecule has 0 aliphatic carbocycles. The van der Waals surface area contributed by atoms with E-state index < -0.39 is 0 Å². The first-order valence-electron chi connectivity index (χ1n) is 11.8. The largest absolute Gasteiger partial charge is 0.497 e. The fraction of sp³-hybridized carbons (Fsp3) is 0.708. The van der Waals surface area contributed by atoms with Crippen LogP contribution in [-0.4, -0.2) is 87.4 Å². The predicted molar refractivity (Wildman–Crippen MR) is 127 cm³/mol. The van der Waals surface area contributed by atoms with Crippen molar-refractivity contribution in [1.82, 2.24) is 20.4 Å². The van der Waals surface area contributed by atoms with E-state index in [-0.39, 0.29) is 6.04 Å². The molecule has 7 nitrogen and oxygen atoms in total. The molecule has 1 aromatic rings. The third-order valence-corrected chi connectivity index (χ3v) is 6.45. The Labute approximate surface area is 188 Å². The zero-order chi connectivity index (χ0) is 22.2. The first-order valence-corrected chi connectivity index (χ1v) is 11.8. The molecule has 2 saturated heterocycles. The second-order valence-electron chi connectivity index (χ2n) is 8.93. The Bertz CT molecular complexity index is 688. The third-order valence-electron chi connectivity index (χ3n) is 6.45. The Balaban J connectivity index is 1.73. The minimum atomic E-state index is 0.221. The van der Waals surface area contributed by atoms with E-state index in [1.54, 1.807) is 7.11 Å². The molecule has 0 radical (unpaired) electrons. The lowest BCUT2D eigenvalue weighted by atomic mass is 10.0. The van der Waals surface area contributed by atoms with Gasteiger partial charge in [-0.15, -0.1) is 0 Å². The number of methoxy groups -OCH3 is 1. The van der Waals surface area contributed by atoms with Gasteiger partial charge in [-0.25, -0.2) is 0 Å². The summed E-state index contributed by atoms with van der Waals surface area (Å²) in [7, 11) is 1.71. The van der Waals surface area contributed by atoms with E-state index in [4.69, 9.17) is 14.5 Å². The highest BCUT2D eigenvalue weighted by molar-refractivity contribution is 5.80. The standard InChI is InChI=1S/C24H41N5O2/c1-6-25-24(27-22-17-29(18(2)3)16-19(22)4)26-15-23(28-11-13-31-14-12-28)20-7-9-21(30-5)10-8-20/h7-10,18-19,22-23H,6,11-17H2,1-5H3,(H2,25,26,27). The molecule has 2 N–H and O–H groups in total. The molecule has 3 atom stereocenters. The molecule has 31 heavy (non-hydrogen) atoms. The number of hydrogen-bond donors (Lipinski definition) is 2. The molecule has 2 aliphatic heterocycles. The van der Waals surface area contributed by atoms with Crippen LogP contribution in [0, 0.1) is 5.92 Å². The quantitative estimate of drug-likeness (QED) is 0.487. The van der Waals surface area contributed by atoms with Crippen molar-refractivity contribution in [3.63, 3.8) is 0 Å². The predicted octanol–water partition coefficient (Wildman–Crippen LogP) is 2.35. The molecule has 2 fully saturated rings. The van der Waals surface area contributed by atoms with Crippen molar-refractivity contribution in [1.29, 1.82) is 0 Å². The van der Waals surface area contributed by atoms with Crippen molar-refractivity contribution in [2.24, 2.45) is 10.9 Å². The van der Waals surface area contributed by atoms with Crippen LogP contribution < -0.4 is 15.4 Å². The summed E-state index contributed by atoms with van der Waals surface area (Å²) in [5.41, 5.74) is 1.27. The van der Waals surface area contributed by atoms with Gasteiger partial charge in [0.1, 0.15) is 5.75 Å². The van der Waals surface area contributed by atoms with Crippen molar-refractivity contribution in [2.75, 3.05) is 59.6 Å². The Morgan fingerprint density at radius 1 is 1.16 bits per heavy atom. The highest BCUT2D eigenvalue weighted by Gasteiger charge is 2.31. The maximum Gasteiger partial charge on any atom is 0.191 e. The Morgan fingerprint density at radius 3 is 2.45 bits per heavy atom. The number of benzene rings is 1. The van der Waals surface area contributed by atoms with Crippen LogP contribution in [0.15, 0.2) is 29.3 Å². The maximum absolute atomic E-state index is 5.59. The van der Waals surface area contributed by atoms with Crippen LogP contribution in [0.5, 0.6) is 5.75 Å². The van der Waals surface area contributed by atoms with Crippen molar-refractivity contribution in [3.05, 3.63) is 29.8 Å². The summed E-state index contributed by atoms with van der Waals surface area (Å²) in [6.45, 7) is 16.2. The number of hydrogen-bond acceptors (Lipinski definition) is 5. The van der Waals surface area contributed by atoms with Gasteiger partial charge in [0.25, 0.3) is 0 Å². The van der Waals surface area contributed by atoms with Crippen LogP contribution in [0.2, 0.25) is 0 Å². The summed E-state index contributed by atoms with van der Waals surface area (Å²) in [6, 6.07) is 9.62. The minimum Gasteiger partial charge on any atom is -0.497 e. The van der Waals surface area contributed by atoms with Gasteiger partial charge in [0, 0.05) is 44.8 Å². The van der Waals surface area contributed by atoms with Crippen molar-refractivity contribution in [3.8, 4) is 5.75 Å². The molecular weight excluding hydrogens is 390 g/mol.